The number of ether oxygens (including phenoxy) is 1. The predicted molar refractivity (Wildman–Crippen MR) is 86.1 cm³/mol. The Balaban J connectivity index is 1.78. The van der Waals surface area contributed by atoms with Crippen LogP contribution < -0.4 is 5.32 Å². The quantitative estimate of drug-likeness (QED) is 0.874. The average molecular weight is 291 g/mol. The molecule has 2 rings (SSSR count). The van der Waals surface area contributed by atoms with E-state index in [0.717, 1.165) is 31.9 Å². The van der Waals surface area contributed by atoms with Crippen molar-refractivity contribution in [2.75, 3.05) is 20.2 Å². The van der Waals surface area contributed by atoms with Crippen LogP contribution in [0.25, 0.3) is 0 Å². The third kappa shape index (κ3) is 6.12. The monoisotopic (exact) mass is 291 g/mol. The molecular formula is C17H29N3O. The Morgan fingerprint density at radius 1 is 1.38 bits per heavy atom. The molecule has 0 bridgehead atoms. The average Bonchev–Trinajstić information content (AvgIpc) is 2.89. The van der Waals surface area contributed by atoms with Crippen molar-refractivity contribution in [1.29, 1.82) is 0 Å². The first kappa shape index (κ1) is 16.4. The van der Waals surface area contributed by atoms with Gasteiger partial charge in [0, 0.05) is 38.0 Å². The molecule has 1 aromatic rings. The SMILES string of the molecule is CN(Cc1ccc(CNC(C)(C)C)cn1)CC1CCCO1. The third-order valence-corrected chi connectivity index (χ3v) is 3.68. The Kier molecular flexibility index (Phi) is 5.73. The molecule has 1 atom stereocenters. The lowest BCUT2D eigenvalue weighted by Crippen LogP contribution is -2.35. The van der Waals surface area contributed by atoms with E-state index >= 15 is 0 Å². The topological polar surface area (TPSA) is 37.4 Å². The normalized spacial score (nSPS) is 19.4. The molecule has 0 amide bonds. The number of nitrogens with one attached hydrogen (secondary N) is 1. The molecule has 21 heavy (non-hydrogen) atoms. The maximum absolute atomic E-state index is 5.67. The number of aromatic nitrogens is 1. The number of hydrogen-bond donors (Lipinski definition) is 1. The van der Waals surface area contributed by atoms with Gasteiger partial charge in [-0.25, -0.2) is 0 Å². The first-order valence-corrected chi connectivity index (χ1v) is 7.91. The van der Waals surface area contributed by atoms with Crippen molar-refractivity contribution in [1.82, 2.24) is 15.2 Å². The number of hydrogen-bond acceptors (Lipinski definition) is 4. The van der Waals surface area contributed by atoms with Crippen LogP contribution in [-0.2, 0) is 17.8 Å². The molecule has 1 aliphatic rings. The van der Waals surface area contributed by atoms with Crippen molar-refractivity contribution in [2.24, 2.45) is 0 Å². The maximum atomic E-state index is 5.67. The van der Waals surface area contributed by atoms with E-state index in [4.69, 9.17) is 4.74 Å². The van der Waals surface area contributed by atoms with Gasteiger partial charge in [-0.1, -0.05) is 6.07 Å². The highest BCUT2D eigenvalue weighted by Gasteiger charge is 2.17. The van der Waals surface area contributed by atoms with Crippen LogP contribution in [0.1, 0.15) is 44.9 Å². The minimum absolute atomic E-state index is 0.139. The summed E-state index contributed by atoms with van der Waals surface area (Å²) in [6.07, 6.45) is 4.78. The van der Waals surface area contributed by atoms with E-state index in [1.54, 1.807) is 0 Å². The van der Waals surface area contributed by atoms with Gasteiger partial charge >= 0.3 is 0 Å². The maximum Gasteiger partial charge on any atom is 0.0702 e. The van der Waals surface area contributed by atoms with E-state index in [-0.39, 0.29) is 5.54 Å². The van der Waals surface area contributed by atoms with Gasteiger partial charge in [-0.2, -0.15) is 0 Å². The second-order valence-electron chi connectivity index (χ2n) is 7.09. The molecule has 0 aromatic carbocycles. The molecular weight excluding hydrogens is 262 g/mol. The van der Waals surface area contributed by atoms with Crippen LogP contribution in [0.2, 0.25) is 0 Å². The molecule has 1 saturated heterocycles. The van der Waals surface area contributed by atoms with Crippen molar-refractivity contribution < 1.29 is 4.74 Å². The van der Waals surface area contributed by atoms with Gasteiger partial charge in [-0.15, -0.1) is 0 Å². The van der Waals surface area contributed by atoms with Gasteiger partial charge in [0.05, 0.1) is 11.8 Å². The van der Waals surface area contributed by atoms with Crippen LogP contribution >= 0.6 is 0 Å². The molecule has 0 saturated carbocycles. The first-order chi connectivity index (χ1) is 9.92. The molecule has 4 nitrogen and oxygen atoms in total. The van der Waals surface area contributed by atoms with E-state index < -0.39 is 0 Å². The summed E-state index contributed by atoms with van der Waals surface area (Å²) >= 11 is 0. The van der Waals surface area contributed by atoms with Gasteiger partial charge < -0.3 is 10.1 Å². The van der Waals surface area contributed by atoms with Crippen LogP contribution in [0, 0.1) is 0 Å². The lowest BCUT2D eigenvalue weighted by molar-refractivity contribution is 0.0790. The number of pyridine rings is 1. The molecule has 4 heteroatoms. The van der Waals surface area contributed by atoms with Crippen molar-refractivity contribution in [3.63, 3.8) is 0 Å². The summed E-state index contributed by atoms with van der Waals surface area (Å²) in [7, 11) is 2.14. The van der Waals surface area contributed by atoms with Crippen molar-refractivity contribution >= 4 is 0 Å². The predicted octanol–water partition coefficient (Wildman–Crippen LogP) is 2.58. The molecule has 1 aliphatic heterocycles. The van der Waals surface area contributed by atoms with Gasteiger partial charge in [0.2, 0.25) is 0 Å². The van der Waals surface area contributed by atoms with Crippen molar-refractivity contribution in [3.05, 3.63) is 29.6 Å². The first-order valence-electron chi connectivity index (χ1n) is 7.91. The van der Waals surface area contributed by atoms with Gasteiger partial charge in [-0.05, 0) is 52.3 Å². The van der Waals surface area contributed by atoms with Crippen LogP contribution in [0.3, 0.4) is 0 Å². The van der Waals surface area contributed by atoms with Crippen LogP contribution in [0.4, 0.5) is 0 Å². The fourth-order valence-electron chi connectivity index (χ4n) is 2.50. The van der Waals surface area contributed by atoms with E-state index in [2.05, 4.69) is 55.2 Å². The molecule has 0 aliphatic carbocycles. The van der Waals surface area contributed by atoms with E-state index in [1.165, 1.54) is 18.4 Å². The van der Waals surface area contributed by atoms with Gasteiger partial charge in [0.15, 0.2) is 0 Å². The third-order valence-electron chi connectivity index (χ3n) is 3.68. The highest BCUT2D eigenvalue weighted by atomic mass is 16.5. The molecule has 0 radical (unpaired) electrons. The molecule has 1 aromatic heterocycles. The Labute approximate surface area is 128 Å². The highest BCUT2D eigenvalue weighted by molar-refractivity contribution is 5.14. The lowest BCUT2D eigenvalue weighted by Gasteiger charge is -2.21. The fourth-order valence-corrected chi connectivity index (χ4v) is 2.50. The van der Waals surface area contributed by atoms with Gasteiger partial charge in [-0.3, -0.25) is 9.88 Å². The van der Waals surface area contributed by atoms with E-state index in [1.807, 2.05) is 6.20 Å². The molecule has 0 spiro atoms. The lowest BCUT2D eigenvalue weighted by atomic mass is 10.1. The number of likely N-dealkylation sites (N-methyl/N-ethyl adjacent to an activating group) is 1. The zero-order valence-corrected chi connectivity index (χ0v) is 13.9. The largest absolute Gasteiger partial charge is 0.377 e. The Morgan fingerprint density at radius 2 is 2.19 bits per heavy atom. The zero-order chi connectivity index (χ0) is 15.3. The summed E-state index contributed by atoms with van der Waals surface area (Å²) in [5, 5.41) is 3.48. The smallest absolute Gasteiger partial charge is 0.0702 e. The molecule has 1 fully saturated rings. The van der Waals surface area contributed by atoms with Crippen molar-refractivity contribution in [3.8, 4) is 0 Å². The van der Waals surface area contributed by atoms with Crippen LogP contribution in [0.5, 0.6) is 0 Å². The molecule has 2 heterocycles. The summed E-state index contributed by atoms with van der Waals surface area (Å²) in [5.74, 6) is 0. The molecule has 1 N–H and O–H groups in total. The second kappa shape index (κ2) is 7.34. The van der Waals surface area contributed by atoms with Gasteiger partial charge in [0.25, 0.3) is 0 Å². The highest BCUT2D eigenvalue weighted by Crippen LogP contribution is 2.14. The minimum atomic E-state index is 0.139. The second-order valence-corrected chi connectivity index (χ2v) is 7.09. The summed E-state index contributed by atoms with van der Waals surface area (Å²) in [5.41, 5.74) is 2.49. The summed E-state index contributed by atoms with van der Waals surface area (Å²) in [4.78, 5) is 6.87. The van der Waals surface area contributed by atoms with E-state index in [0.29, 0.717) is 6.10 Å². The Bertz CT molecular complexity index is 419. The van der Waals surface area contributed by atoms with Crippen LogP contribution in [-0.4, -0.2) is 41.7 Å². The molecule has 1 unspecified atom stereocenters. The van der Waals surface area contributed by atoms with Crippen molar-refractivity contribution in [2.45, 2.75) is 58.3 Å². The van der Waals surface area contributed by atoms with Crippen LogP contribution in [0.15, 0.2) is 18.3 Å². The minimum Gasteiger partial charge on any atom is -0.377 e. The Morgan fingerprint density at radius 3 is 2.76 bits per heavy atom. The summed E-state index contributed by atoms with van der Waals surface area (Å²) < 4.78 is 5.67. The number of rotatable bonds is 6. The Hall–Kier alpha value is -0.970. The number of nitrogens with zero attached hydrogens (tertiary/aromatic N) is 2. The zero-order valence-electron chi connectivity index (χ0n) is 13.9. The standard InChI is InChI=1S/C17H29N3O/c1-17(2,3)19-11-14-7-8-15(18-10-14)12-20(4)13-16-6-5-9-21-16/h7-8,10,16,19H,5-6,9,11-13H2,1-4H3. The summed E-state index contributed by atoms with van der Waals surface area (Å²) in [6, 6.07) is 4.30. The summed E-state index contributed by atoms with van der Waals surface area (Å²) in [6.45, 7) is 10.2. The fraction of sp³-hybridized carbons (Fsp3) is 0.706. The van der Waals surface area contributed by atoms with Gasteiger partial charge in [0.1, 0.15) is 0 Å². The molecule has 118 valence electrons. The van der Waals surface area contributed by atoms with E-state index in [9.17, 15) is 0 Å².